The fourth-order valence-corrected chi connectivity index (χ4v) is 3.75. The van der Waals surface area contributed by atoms with E-state index in [1.807, 2.05) is 18.2 Å². The van der Waals surface area contributed by atoms with E-state index >= 15 is 0 Å². The van der Waals surface area contributed by atoms with Crippen molar-refractivity contribution in [3.05, 3.63) is 69.8 Å². The Labute approximate surface area is 156 Å². The fourth-order valence-electron chi connectivity index (χ4n) is 3.75. The molecule has 7 heteroatoms. The minimum atomic E-state index is -0.483. The maximum atomic E-state index is 12.4. The molecule has 1 saturated heterocycles. The first-order chi connectivity index (χ1) is 13.2. The number of benzene rings is 1. The van der Waals surface area contributed by atoms with Crippen molar-refractivity contribution in [1.29, 1.82) is 0 Å². The Morgan fingerprint density at radius 1 is 1.33 bits per heavy atom. The lowest BCUT2D eigenvalue weighted by molar-refractivity contribution is 0.0528. The Kier molecular flexibility index (Phi) is 4.77. The number of aromatic nitrogens is 3. The number of esters is 1. The van der Waals surface area contributed by atoms with Crippen LogP contribution in [-0.4, -0.2) is 38.6 Å². The normalized spacial score (nSPS) is 17.4. The molecular weight excluding hydrogens is 344 g/mol. The van der Waals surface area contributed by atoms with Gasteiger partial charge < -0.3 is 4.74 Å². The van der Waals surface area contributed by atoms with Gasteiger partial charge >= 0.3 is 5.97 Å². The highest BCUT2D eigenvalue weighted by Gasteiger charge is 2.26. The number of carbonyl (C=O) groups excluding carboxylic acids is 1. The topological polar surface area (TPSA) is 79.7 Å². The van der Waals surface area contributed by atoms with Gasteiger partial charge in [0.05, 0.1) is 12.3 Å². The van der Waals surface area contributed by atoms with Crippen molar-refractivity contribution in [3.63, 3.8) is 0 Å². The molecule has 0 spiro atoms. The van der Waals surface area contributed by atoms with Crippen molar-refractivity contribution in [3.8, 4) is 0 Å². The molecule has 0 amide bonds. The Morgan fingerprint density at radius 2 is 2.15 bits per heavy atom. The summed E-state index contributed by atoms with van der Waals surface area (Å²) in [5.41, 5.74) is 2.29. The summed E-state index contributed by atoms with van der Waals surface area (Å²) in [7, 11) is 0. The number of carbonyl (C=O) groups is 1. The van der Waals surface area contributed by atoms with E-state index in [1.54, 1.807) is 6.92 Å². The van der Waals surface area contributed by atoms with Crippen molar-refractivity contribution < 1.29 is 9.53 Å². The summed E-state index contributed by atoms with van der Waals surface area (Å²) in [5, 5.41) is 2.78. The lowest BCUT2D eigenvalue weighted by atomic mass is 10.0. The summed E-state index contributed by atoms with van der Waals surface area (Å²) >= 11 is 0. The van der Waals surface area contributed by atoms with Crippen molar-refractivity contribution in [2.24, 2.45) is 0 Å². The molecule has 1 fully saturated rings. The molecule has 140 valence electrons. The van der Waals surface area contributed by atoms with Crippen molar-refractivity contribution in [2.45, 2.75) is 32.4 Å². The maximum Gasteiger partial charge on any atom is 0.343 e. The summed E-state index contributed by atoms with van der Waals surface area (Å²) in [5.74, 6) is -0.483. The molecule has 0 saturated carbocycles. The lowest BCUT2D eigenvalue weighted by Gasteiger charge is -2.24. The van der Waals surface area contributed by atoms with Gasteiger partial charge in [0.2, 0.25) is 0 Å². The molecule has 0 bridgehead atoms. The van der Waals surface area contributed by atoms with E-state index < -0.39 is 5.97 Å². The van der Waals surface area contributed by atoms with Crippen LogP contribution in [0.25, 0.3) is 5.65 Å². The number of ether oxygens (including phenoxy) is 1. The number of rotatable bonds is 5. The van der Waals surface area contributed by atoms with Gasteiger partial charge in [0.1, 0.15) is 5.56 Å². The molecular formula is C20H22N4O3. The van der Waals surface area contributed by atoms with Gasteiger partial charge in [-0.3, -0.25) is 14.8 Å². The summed E-state index contributed by atoms with van der Waals surface area (Å²) < 4.78 is 6.33. The van der Waals surface area contributed by atoms with Gasteiger partial charge in [-0.05, 0) is 31.9 Å². The smallest absolute Gasteiger partial charge is 0.343 e. The van der Waals surface area contributed by atoms with Gasteiger partial charge in [-0.25, -0.2) is 14.3 Å². The first kappa shape index (κ1) is 17.5. The molecule has 1 aromatic carbocycles. The first-order valence-electron chi connectivity index (χ1n) is 9.23. The van der Waals surface area contributed by atoms with Crippen LogP contribution >= 0.6 is 0 Å². The van der Waals surface area contributed by atoms with Crippen molar-refractivity contribution in [1.82, 2.24) is 19.5 Å². The van der Waals surface area contributed by atoms with E-state index in [0.29, 0.717) is 23.9 Å². The quantitative estimate of drug-likeness (QED) is 0.702. The monoisotopic (exact) mass is 366 g/mol. The minimum absolute atomic E-state index is 0.235. The number of fused-ring (bicyclic) bond motifs is 1. The van der Waals surface area contributed by atoms with Gasteiger partial charge in [0.15, 0.2) is 5.65 Å². The van der Waals surface area contributed by atoms with Gasteiger partial charge in [-0.1, -0.05) is 30.3 Å². The number of H-pyrrole nitrogens is 1. The molecule has 0 aliphatic carbocycles. The highest BCUT2D eigenvalue weighted by Crippen LogP contribution is 2.32. The molecule has 0 radical (unpaired) electrons. The lowest BCUT2D eigenvalue weighted by Crippen LogP contribution is -2.25. The third kappa shape index (κ3) is 3.38. The van der Waals surface area contributed by atoms with Crippen molar-refractivity contribution in [2.75, 3.05) is 13.2 Å². The Hall–Kier alpha value is -2.93. The van der Waals surface area contributed by atoms with E-state index in [4.69, 9.17) is 4.74 Å². The number of hydrogen-bond acceptors (Lipinski definition) is 5. The standard InChI is InChI=1S/C20H22N4O3/c1-2-27-20(26)16-12-21-24-18(25)11-15(22-19(16)24)13-23-10-6-9-17(23)14-7-4-3-5-8-14/h3-5,7-8,11-12,17,21H,2,6,9-10,13H2,1H3/t17-/m1/s1. The zero-order valence-corrected chi connectivity index (χ0v) is 15.2. The SMILES string of the molecule is CCOC(=O)c1c[nH]n2c(=O)cc(CN3CCC[C@@H]3c3ccccc3)nc12. The summed E-state index contributed by atoms with van der Waals surface area (Å²) in [6, 6.07) is 12.2. The highest BCUT2D eigenvalue weighted by atomic mass is 16.5. The number of aromatic amines is 1. The van der Waals surface area contributed by atoms with E-state index in [1.165, 1.54) is 22.3 Å². The Morgan fingerprint density at radius 3 is 2.93 bits per heavy atom. The van der Waals surface area contributed by atoms with Crippen LogP contribution in [0.4, 0.5) is 0 Å². The molecule has 4 rings (SSSR count). The second-order valence-electron chi connectivity index (χ2n) is 6.69. The predicted octanol–water partition coefficient (Wildman–Crippen LogP) is 2.54. The van der Waals surface area contributed by atoms with Crippen LogP contribution in [0.1, 0.15) is 47.4 Å². The van der Waals surface area contributed by atoms with E-state index in [-0.39, 0.29) is 17.7 Å². The van der Waals surface area contributed by atoms with Gasteiger partial charge in [-0.2, -0.15) is 0 Å². The second kappa shape index (κ2) is 7.36. The molecule has 1 aliphatic heterocycles. The van der Waals surface area contributed by atoms with Crippen LogP contribution in [0, 0.1) is 0 Å². The van der Waals surface area contributed by atoms with Crippen LogP contribution in [-0.2, 0) is 11.3 Å². The molecule has 7 nitrogen and oxygen atoms in total. The van der Waals surface area contributed by atoms with Crippen molar-refractivity contribution >= 4 is 11.6 Å². The van der Waals surface area contributed by atoms with Crippen LogP contribution in [0.15, 0.2) is 47.4 Å². The molecule has 1 aliphatic rings. The predicted molar refractivity (Wildman–Crippen MR) is 101 cm³/mol. The average Bonchev–Trinajstić information content (AvgIpc) is 3.30. The number of nitrogens with one attached hydrogen (secondary N) is 1. The Balaban J connectivity index is 1.65. The largest absolute Gasteiger partial charge is 0.462 e. The van der Waals surface area contributed by atoms with E-state index in [2.05, 4.69) is 27.1 Å². The van der Waals surface area contributed by atoms with Gasteiger partial charge in [0.25, 0.3) is 5.56 Å². The maximum absolute atomic E-state index is 12.4. The summed E-state index contributed by atoms with van der Waals surface area (Å²) in [6.45, 7) is 3.54. The van der Waals surface area contributed by atoms with Gasteiger partial charge in [0, 0.05) is 24.8 Å². The van der Waals surface area contributed by atoms with Crippen LogP contribution in [0.5, 0.6) is 0 Å². The van der Waals surface area contributed by atoms with E-state index in [0.717, 1.165) is 19.4 Å². The van der Waals surface area contributed by atoms with Crippen LogP contribution < -0.4 is 5.56 Å². The van der Waals surface area contributed by atoms with Crippen LogP contribution in [0.3, 0.4) is 0 Å². The molecule has 1 atom stereocenters. The number of nitrogens with zero attached hydrogens (tertiary/aromatic N) is 3. The summed E-state index contributed by atoms with van der Waals surface area (Å²) in [4.78, 5) is 31.5. The molecule has 3 aromatic rings. The third-order valence-corrected chi connectivity index (χ3v) is 4.96. The van der Waals surface area contributed by atoms with E-state index in [9.17, 15) is 9.59 Å². The minimum Gasteiger partial charge on any atom is -0.462 e. The number of likely N-dealkylation sites (tertiary alicyclic amines) is 1. The third-order valence-electron chi connectivity index (χ3n) is 4.96. The second-order valence-corrected chi connectivity index (χ2v) is 6.69. The fraction of sp³-hybridized carbons (Fsp3) is 0.350. The number of hydrogen-bond donors (Lipinski definition) is 1. The van der Waals surface area contributed by atoms with Gasteiger partial charge in [-0.15, -0.1) is 0 Å². The first-order valence-corrected chi connectivity index (χ1v) is 9.23. The van der Waals surface area contributed by atoms with Crippen LogP contribution in [0.2, 0.25) is 0 Å². The summed E-state index contributed by atoms with van der Waals surface area (Å²) in [6.07, 6.45) is 3.66. The molecule has 0 unspecified atom stereocenters. The average molecular weight is 366 g/mol. The highest BCUT2D eigenvalue weighted by molar-refractivity contribution is 5.95. The zero-order valence-electron chi connectivity index (χ0n) is 15.2. The molecule has 3 heterocycles. The molecule has 27 heavy (non-hydrogen) atoms. The molecule has 1 N–H and O–H groups in total. The zero-order chi connectivity index (χ0) is 18.8. The molecule has 2 aromatic heterocycles. The Bertz CT molecular complexity index is 1010.